The molecule has 0 heterocycles. The number of rotatable bonds is 4. The van der Waals surface area contributed by atoms with Crippen molar-refractivity contribution in [1.29, 1.82) is 0 Å². The molecule has 0 amide bonds. The van der Waals surface area contributed by atoms with Crippen LogP contribution in [0.1, 0.15) is 41.0 Å². The van der Waals surface area contributed by atoms with Gasteiger partial charge in [-0.25, -0.2) is 0 Å². The van der Waals surface area contributed by atoms with Gasteiger partial charge in [0, 0.05) is 6.42 Å². The maximum absolute atomic E-state index is 9.12. The molecule has 2 heteroatoms. The molecule has 11 heavy (non-hydrogen) atoms. The van der Waals surface area contributed by atoms with E-state index in [1.54, 1.807) is 6.92 Å². The molecule has 0 saturated carbocycles. The maximum atomic E-state index is 9.12. The number of aliphatic hydroxyl groups excluding tert-OH is 1. The first-order valence-corrected chi connectivity index (χ1v) is 4.19. The van der Waals surface area contributed by atoms with Gasteiger partial charge in [0.1, 0.15) is 0 Å². The summed E-state index contributed by atoms with van der Waals surface area (Å²) >= 11 is 0. The number of aliphatic hydroxyl groups is 1. The van der Waals surface area contributed by atoms with Crippen molar-refractivity contribution in [3.63, 3.8) is 0 Å². The van der Waals surface area contributed by atoms with E-state index in [1.807, 2.05) is 27.7 Å². The van der Waals surface area contributed by atoms with E-state index in [9.17, 15) is 0 Å². The Morgan fingerprint density at radius 2 is 1.73 bits per heavy atom. The van der Waals surface area contributed by atoms with E-state index in [2.05, 4.69) is 0 Å². The number of hydrogen-bond acceptors (Lipinski definition) is 2. The predicted octanol–water partition coefficient (Wildman–Crippen LogP) is 1.96. The average Bonchev–Trinajstić information content (AvgIpc) is 1.53. The SMILES string of the molecule is CC(O)CC(C)(C)OC(C)C. The van der Waals surface area contributed by atoms with Gasteiger partial charge in [-0.3, -0.25) is 0 Å². The largest absolute Gasteiger partial charge is 0.393 e. The molecule has 0 aromatic carbocycles. The Labute approximate surface area is 69.6 Å². The molecular weight excluding hydrogens is 140 g/mol. The highest BCUT2D eigenvalue weighted by molar-refractivity contribution is 4.72. The molecule has 0 spiro atoms. The average molecular weight is 160 g/mol. The number of ether oxygens (including phenoxy) is 1. The minimum absolute atomic E-state index is 0.206. The molecule has 68 valence electrons. The lowest BCUT2D eigenvalue weighted by Crippen LogP contribution is -2.31. The Balaban J connectivity index is 3.79. The summed E-state index contributed by atoms with van der Waals surface area (Å²) in [5, 5.41) is 9.12. The molecule has 0 saturated heterocycles. The topological polar surface area (TPSA) is 29.5 Å². The molecule has 2 nitrogen and oxygen atoms in total. The van der Waals surface area contributed by atoms with E-state index in [0.717, 1.165) is 0 Å². The Morgan fingerprint density at radius 1 is 1.27 bits per heavy atom. The van der Waals surface area contributed by atoms with Gasteiger partial charge in [-0.2, -0.15) is 0 Å². The lowest BCUT2D eigenvalue weighted by Gasteiger charge is -2.28. The second kappa shape index (κ2) is 4.07. The summed E-state index contributed by atoms with van der Waals surface area (Å²) in [5.74, 6) is 0. The Bertz CT molecular complexity index is 94.1. The summed E-state index contributed by atoms with van der Waals surface area (Å²) in [4.78, 5) is 0. The Morgan fingerprint density at radius 3 is 2.00 bits per heavy atom. The lowest BCUT2D eigenvalue weighted by molar-refractivity contribution is -0.0774. The maximum Gasteiger partial charge on any atom is 0.0654 e. The van der Waals surface area contributed by atoms with Crippen molar-refractivity contribution in [3.8, 4) is 0 Å². The summed E-state index contributed by atoms with van der Waals surface area (Å²) in [6.07, 6.45) is 0.623. The molecule has 0 aliphatic rings. The molecule has 1 unspecified atom stereocenters. The fraction of sp³-hybridized carbons (Fsp3) is 1.00. The van der Waals surface area contributed by atoms with Crippen molar-refractivity contribution < 1.29 is 9.84 Å². The van der Waals surface area contributed by atoms with Crippen LogP contribution in [0.15, 0.2) is 0 Å². The minimum atomic E-state index is -0.288. The molecule has 0 bridgehead atoms. The molecule has 0 aromatic heterocycles. The fourth-order valence-corrected chi connectivity index (χ4v) is 1.40. The van der Waals surface area contributed by atoms with Crippen molar-refractivity contribution in [1.82, 2.24) is 0 Å². The van der Waals surface area contributed by atoms with E-state index in [4.69, 9.17) is 9.84 Å². The molecule has 0 radical (unpaired) electrons. The van der Waals surface area contributed by atoms with Crippen LogP contribution in [0.5, 0.6) is 0 Å². The van der Waals surface area contributed by atoms with E-state index in [-0.39, 0.29) is 17.8 Å². The Kier molecular flexibility index (Phi) is 4.04. The van der Waals surface area contributed by atoms with Crippen LogP contribution in [0.2, 0.25) is 0 Å². The molecule has 0 aliphatic heterocycles. The van der Waals surface area contributed by atoms with Gasteiger partial charge in [-0.15, -0.1) is 0 Å². The van der Waals surface area contributed by atoms with E-state index in [0.29, 0.717) is 6.42 Å². The summed E-state index contributed by atoms with van der Waals surface area (Å²) in [6, 6.07) is 0. The fourth-order valence-electron chi connectivity index (χ4n) is 1.40. The van der Waals surface area contributed by atoms with Crippen LogP contribution >= 0.6 is 0 Å². The van der Waals surface area contributed by atoms with Gasteiger partial charge in [-0.1, -0.05) is 0 Å². The van der Waals surface area contributed by atoms with E-state index < -0.39 is 0 Å². The summed E-state index contributed by atoms with van der Waals surface area (Å²) in [7, 11) is 0. The highest BCUT2D eigenvalue weighted by Gasteiger charge is 2.21. The zero-order valence-corrected chi connectivity index (χ0v) is 8.22. The highest BCUT2D eigenvalue weighted by atomic mass is 16.5. The smallest absolute Gasteiger partial charge is 0.0654 e. The predicted molar refractivity (Wildman–Crippen MR) is 46.6 cm³/mol. The van der Waals surface area contributed by atoms with Crippen LogP contribution in [0.4, 0.5) is 0 Å². The summed E-state index contributed by atoms with van der Waals surface area (Å²) in [6.45, 7) is 9.79. The van der Waals surface area contributed by atoms with Crippen LogP contribution < -0.4 is 0 Å². The van der Waals surface area contributed by atoms with E-state index >= 15 is 0 Å². The van der Waals surface area contributed by atoms with Crippen LogP contribution in [-0.4, -0.2) is 22.9 Å². The number of hydrogen-bond donors (Lipinski definition) is 1. The van der Waals surface area contributed by atoms with Gasteiger partial charge in [0.05, 0.1) is 17.8 Å². The monoisotopic (exact) mass is 160 g/mol. The van der Waals surface area contributed by atoms with Gasteiger partial charge >= 0.3 is 0 Å². The standard InChI is InChI=1S/C9H20O2/c1-7(2)11-9(4,5)6-8(3)10/h7-8,10H,6H2,1-5H3. The van der Waals surface area contributed by atoms with Crippen LogP contribution in [0.3, 0.4) is 0 Å². The zero-order chi connectivity index (χ0) is 9.07. The van der Waals surface area contributed by atoms with Gasteiger partial charge in [0.2, 0.25) is 0 Å². The third-order valence-electron chi connectivity index (χ3n) is 1.34. The van der Waals surface area contributed by atoms with Crippen molar-refractivity contribution in [2.75, 3.05) is 0 Å². The van der Waals surface area contributed by atoms with Gasteiger partial charge in [0.25, 0.3) is 0 Å². The quantitative estimate of drug-likeness (QED) is 0.681. The van der Waals surface area contributed by atoms with Crippen molar-refractivity contribution in [3.05, 3.63) is 0 Å². The molecule has 0 rings (SSSR count). The second-order valence-electron chi connectivity index (χ2n) is 3.98. The molecular formula is C9H20O2. The molecule has 1 N–H and O–H groups in total. The van der Waals surface area contributed by atoms with Crippen LogP contribution in [-0.2, 0) is 4.74 Å². The van der Waals surface area contributed by atoms with Crippen molar-refractivity contribution >= 4 is 0 Å². The zero-order valence-electron chi connectivity index (χ0n) is 8.22. The van der Waals surface area contributed by atoms with Gasteiger partial charge < -0.3 is 9.84 Å². The van der Waals surface area contributed by atoms with Crippen molar-refractivity contribution in [2.45, 2.75) is 58.8 Å². The molecule has 0 fully saturated rings. The van der Waals surface area contributed by atoms with E-state index in [1.165, 1.54) is 0 Å². The van der Waals surface area contributed by atoms with Gasteiger partial charge in [-0.05, 0) is 34.6 Å². The van der Waals surface area contributed by atoms with Crippen LogP contribution in [0.25, 0.3) is 0 Å². The first-order chi connectivity index (χ1) is 4.83. The summed E-state index contributed by atoms with van der Waals surface area (Å²) < 4.78 is 5.59. The first kappa shape index (κ1) is 10.9. The third-order valence-corrected chi connectivity index (χ3v) is 1.34. The summed E-state index contributed by atoms with van der Waals surface area (Å²) in [5.41, 5.74) is -0.206. The molecule has 1 atom stereocenters. The van der Waals surface area contributed by atoms with Gasteiger partial charge in [0.15, 0.2) is 0 Å². The van der Waals surface area contributed by atoms with Crippen molar-refractivity contribution in [2.24, 2.45) is 0 Å². The van der Waals surface area contributed by atoms with Crippen LogP contribution in [0, 0.1) is 0 Å². The highest BCUT2D eigenvalue weighted by Crippen LogP contribution is 2.18. The minimum Gasteiger partial charge on any atom is -0.393 e. The normalized spacial score (nSPS) is 15.5. The first-order valence-electron chi connectivity index (χ1n) is 4.19. The molecule has 0 aliphatic carbocycles. The second-order valence-corrected chi connectivity index (χ2v) is 3.98. The lowest BCUT2D eigenvalue weighted by atomic mass is 10.0. The molecule has 0 aromatic rings. The Hall–Kier alpha value is -0.0800. The third kappa shape index (κ3) is 6.32.